The van der Waals surface area contributed by atoms with Gasteiger partial charge < -0.3 is 5.32 Å². The van der Waals surface area contributed by atoms with Crippen molar-refractivity contribution in [2.75, 3.05) is 5.32 Å². The number of rotatable bonds is 5. The molecule has 7 heteroatoms. The van der Waals surface area contributed by atoms with E-state index in [-0.39, 0.29) is 11.4 Å². The number of nitro groups is 2. The highest BCUT2D eigenvalue weighted by atomic mass is 16.6. The third-order valence-corrected chi connectivity index (χ3v) is 3.02. The zero-order valence-corrected chi connectivity index (χ0v) is 11.3. The number of anilines is 1. The third kappa shape index (κ3) is 3.53. The van der Waals surface area contributed by atoms with Crippen LogP contribution in [0.3, 0.4) is 0 Å². The normalized spacial score (nSPS) is 10.1. The maximum absolute atomic E-state index is 10.9. The van der Waals surface area contributed by atoms with Crippen LogP contribution < -0.4 is 5.32 Å². The monoisotopic (exact) mass is 287 g/mol. The Bertz CT molecular complexity index is 700. The summed E-state index contributed by atoms with van der Waals surface area (Å²) in [6.07, 6.45) is 0. The Morgan fingerprint density at radius 1 is 1.05 bits per heavy atom. The Morgan fingerprint density at radius 3 is 2.48 bits per heavy atom. The molecule has 2 aromatic rings. The molecule has 1 N–H and O–H groups in total. The van der Waals surface area contributed by atoms with Gasteiger partial charge in [0.2, 0.25) is 0 Å². The van der Waals surface area contributed by atoms with Gasteiger partial charge in [-0.3, -0.25) is 20.2 Å². The molecule has 0 spiro atoms. The van der Waals surface area contributed by atoms with Crippen LogP contribution in [-0.2, 0) is 6.54 Å². The lowest BCUT2D eigenvalue weighted by atomic mass is 10.1. The van der Waals surface area contributed by atoms with Crippen LogP contribution in [0.1, 0.15) is 11.1 Å². The van der Waals surface area contributed by atoms with E-state index in [0.29, 0.717) is 17.8 Å². The van der Waals surface area contributed by atoms with E-state index in [2.05, 4.69) is 5.32 Å². The Morgan fingerprint density at radius 2 is 1.81 bits per heavy atom. The Kier molecular flexibility index (Phi) is 4.13. The van der Waals surface area contributed by atoms with Crippen LogP contribution in [-0.4, -0.2) is 9.85 Å². The van der Waals surface area contributed by atoms with Crippen molar-refractivity contribution in [1.82, 2.24) is 0 Å². The molecule has 0 aromatic heterocycles. The van der Waals surface area contributed by atoms with E-state index in [1.165, 1.54) is 18.2 Å². The van der Waals surface area contributed by atoms with Crippen LogP contribution in [0.2, 0.25) is 0 Å². The summed E-state index contributed by atoms with van der Waals surface area (Å²) >= 11 is 0. The van der Waals surface area contributed by atoms with E-state index in [9.17, 15) is 20.2 Å². The largest absolute Gasteiger partial charge is 0.381 e. The smallest absolute Gasteiger partial charge is 0.274 e. The molecule has 7 nitrogen and oxygen atoms in total. The lowest BCUT2D eigenvalue weighted by Crippen LogP contribution is -2.01. The molecule has 0 unspecified atom stereocenters. The average Bonchev–Trinajstić information content (AvgIpc) is 2.46. The van der Waals surface area contributed by atoms with Crippen LogP contribution in [0.4, 0.5) is 17.1 Å². The molecule has 21 heavy (non-hydrogen) atoms. The molecular formula is C14H13N3O4. The minimum absolute atomic E-state index is 0.0178. The second-order valence-corrected chi connectivity index (χ2v) is 4.54. The van der Waals surface area contributed by atoms with Gasteiger partial charge in [-0.1, -0.05) is 18.2 Å². The molecule has 108 valence electrons. The summed E-state index contributed by atoms with van der Waals surface area (Å²) in [5, 5.41) is 24.6. The highest BCUT2D eigenvalue weighted by Crippen LogP contribution is 2.23. The fourth-order valence-electron chi connectivity index (χ4n) is 1.90. The number of nitro benzene ring substituents is 2. The van der Waals surface area contributed by atoms with E-state index in [1.807, 2.05) is 0 Å². The van der Waals surface area contributed by atoms with E-state index < -0.39 is 9.85 Å². The molecule has 2 rings (SSSR count). The standard InChI is InChI=1S/C14H13N3O4/c1-10-5-6-12(8-14(10)17(20)21)15-9-11-3-2-4-13(7-11)16(18)19/h2-8,15H,9H2,1H3. The second kappa shape index (κ2) is 6.00. The van der Waals surface area contributed by atoms with Gasteiger partial charge >= 0.3 is 0 Å². The van der Waals surface area contributed by atoms with E-state index in [0.717, 1.165) is 5.56 Å². The van der Waals surface area contributed by atoms with Crippen molar-refractivity contribution in [2.24, 2.45) is 0 Å². The van der Waals surface area contributed by atoms with Crippen molar-refractivity contribution in [3.63, 3.8) is 0 Å². The number of aryl methyl sites for hydroxylation is 1. The van der Waals surface area contributed by atoms with E-state index in [1.54, 1.807) is 31.2 Å². The van der Waals surface area contributed by atoms with Gasteiger partial charge in [-0.25, -0.2) is 0 Å². The molecule has 0 aliphatic rings. The molecule has 0 atom stereocenters. The van der Waals surface area contributed by atoms with Gasteiger partial charge in [0.1, 0.15) is 0 Å². The van der Waals surface area contributed by atoms with Crippen molar-refractivity contribution in [2.45, 2.75) is 13.5 Å². The minimum atomic E-state index is -0.458. The first-order valence-electron chi connectivity index (χ1n) is 6.19. The van der Waals surface area contributed by atoms with Crippen molar-refractivity contribution >= 4 is 17.1 Å². The number of hydrogen-bond acceptors (Lipinski definition) is 5. The van der Waals surface area contributed by atoms with Gasteiger partial charge in [0.15, 0.2) is 0 Å². The van der Waals surface area contributed by atoms with E-state index >= 15 is 0 Å². The molecule has 0 saturated carbocycles. The maximum Gasteiger partial charge on any atom is 0.274 e. The highest BCUT2D eigenvalue weighted by molar-refractivity contribution is 5.55. The number of hydrogen-bond donors (Lipinski definition) is 1. The van der Waals surface area contributed by atoms with Crippen LogP contribution in [0.25, 0.3) is 0 Å². The van der Waals surface area contributed by atoms with Crippen LogP contribution in [0.5, 0.6) is 0 Å². The Balaban J connectivity index is 2.13. The predicted octanol–water partition coefficient (Wildman–Crippen LogP) is 3.42. The quantitative estimate of drug-likeness (QED) is 0.671. The van der Waals surface area contributed by atoms with Crippen molar-refractivity contribution in [1.29, 1.82) is 0 Å². The van der Waals surface area contributed by atoms with Gasteiger partial charge in [-0.15, -0.1) is 0 Å². The van der Waals surface area contributed by atoms with Gasteiger partial charge in [0, 0.05) is 36.0 Å². The summed E-state index contributed by atoms with van der Waals surface area (Å²) in [7, 11) is 0. The second-order valence-electron chi connectivity index (χ2n) is 4.54. The van der Waals surface area contributed by atoms with Crippen LogP contribution >= 0.6 is 0 Å². The zero-order chi connectivity index (χ0) is 15.4. The Labute approximate surface area is 120 Å². The lowest BCUT2D eigenvalue weighted by Gasteiger charge is -2.07. The Hall–Kier alpha value is -2.96. The van der Waals surface area contributed by atoms with Crippen LogP contribution in [0, 0.1) is 27.2 Å². The van der Waals surface area contributed by atoms with Gasteiger partial charge in [-0.05, 0) is 18.6 Å². The fraction of sp³-hybridized carbons (Fsp3) is 0.143. The maximum atomic E-state index is 10.9. The molecule has 0 fully saturated rings. The third-order valence-electron chi connectivity index (χ3n) is 3.02. The first-order chi connectivity index (χ1) is 9.97. The van der Waals surface area contributed by atoms with Gasteiger partial charge in [0.05, 0.1) is 9.85 Å². The van der Waals surface area contributed by atoms with Crippen molar-refractivity contribution in [3.05, 3.63) is 73.8 Å². The molecule has 0 aliphatic heterocycles. The SMILES string of the molecule is Cc1ccc(NCc2cccc([N+](=O)[O-])c2)cc1[N+](=O)[O-]. The molecular weight excluding hydrogens is 274 g/mol. The van der Waals surface area contributed by atoms with Gasteiger partial charge in [-0.2, -0.15) is 0 Å². The fourth-order valence-corrected chi connectivity index (χ4v) is 1.90. The number of nitrogens with one attached hydrogen (secondary N) is 1. The van der Waals surface area contributed by atoms with Crippen molar-refractivity contribution < 1.29 is 9.85 Å². The molecule has 0 bridgehead atoms. The summed E-state index contributed by atoms with van der Waals surface area (Å²) in [6.45, 7) is 2.02. The number of benzene rings is 2. The minimum Gasteiger partial charge on any atom is -0.381 e. The van der Waals surface area contributed by atoms with Crippen LogP contribution in [0.15, 0.2) is 42.5 Å². The first kappa shape index (κ1) is 14.4. The predicted molar refractivity (Wildman–Crippen MR) is 78.3 cm³/mol. The summed E-state index contributed by atoms with van der Waals surface area (Å²) in [5.74, 6) is 0. The summed E-state index contributed by atoms with van der Waals surface area (Å²) < 4.78 is 0. The van der Waals surface area contributed by atoms with Crippen molar-refractivity contribution in [3.8, 4) is 0 Å². The zero-order valence-electron chi connectivity index (χ0n) is 11.3. The average molecular weight is 287 g/mol. The lowest BCUT2D eigenvalue weighted by molar-refractivity contribution is -0.385. The van der Waals surface area contributed by atoms with E-state index in [4.69, 9.17) is 0 Å². The summed E-state index contributed by atoms with van der Waals surface area (Å²) in [6, 6.07) is 11.1. The first-order valence-corrected chi connectivity index (χ1v) is 6.19. The molecule has 0 heterocycles. The number of non-ortho nitro benzene ring substituents is 1. The molecule has 2 aromatic carbocycles. The topological polar surface area (TPSA) is 98.3 Å². The molecule has 0 aliphatic carbocycles. The summed E-state index contributed by atoms with van der Waals surface area (Å²) in [4.78, 5) is 20.7. The number of nitrogens with zero attached hydrogens (tertiary/aromatic N) is 2. The molecule has 0 amide bonds. The highest BCUT2D eigenvalue weighted by Gasteiger charge is 2.11. The van der Waals surface area contributed by atoms with Gasteiger partial charge in [0.25, 0.3) is 11.4 Å². The molecule has 0 radical (unpaired) electrons. The molecule has 0 saturated heterocycles. The summed E-state index contributed by atoms with van der Waals surface area (Å²) in [5.41, 5.74) is 1.97.